The van der Waals surface area contributed by atoms with Gasteiger partial charge in [0.2, 0.25) is 5.91 Å². The molecule has 7 unspecified atom stereocenters. The molecular weight excluding hydrogens is 919 g/mol. The molecule has 0 spiro atoms. The molecule has 1 aliphatic heterocycles. The molecule has 0 aliphatic carbocycles. The van der Waals surface area contributed by atoms with E-state index < -0.39 is 59.9 Å². The third-order valence-corrected chi connectivity index (χ3v) is 15.0. The number of carbonyl (C=O) groups excluding carboxylic acids is 1. The second-order valence-corrected chi connectivity index (χ2v) is 22.3. The van der Waals surface area contributed by atoms with Crippen LogP contribution in [0.5, 0.6) is 0 Å². The number of aliphatic hydroxyl groups is 4. The van der Waals surface area contributed by atoms with Crippen molar-refractivity contribution in [3.63, 3.8) is 0 Å². The van der Waals surface area contributed by atoms with Crippen molar-refractivity contribution in [3.05, 3.63) is 12.2 Å². The first-order chi connectivity index (χ1) is 34.5. The van der Waals surface area contributed by atoms with Gasteiger partial charge >= 0.3 is 10.4 Å². The van der Waals surface area contributed by atoms with Gasteiger partial charge < -0.3 is 35.2 Å². The normalized spacial score (nSPS) is 19.5. The molecule has 0 bridgehead atoms. The van der Waals surface area contributed by atoms with Crippen molar-refractivity contribution in [1.82, 2.24) is 5.32 Å². The van der Waals surface area contributed by atoms with Gasteiger partial charge in [-0.05, 0) is 38.5 Å². The first-order valence-corrected chi connectivity index (χ1v) is 31.4. The Morgan fingerprint density at radius 3 is 1.27 bits per heavy atom. The maximum atomic E-state index is 13.2. The predicted molar refractivity (Wildman–Crippen MR) is 292 cm³/mol. The summed E-state index contributed by atoms with van der Waals surface area (Å²) in [6.07, 6.45) is 49.3. The van der Waals surface area contributed by atoms with Crippen LogP contribution in [-0.2, 0) is 28.9 Å². The third kappa shape index (κ3) is 40.8. The predicted octanol–water partition coefficient (Wildman–Crippen LogP) is 14.2. The van der Waals surface area contributed by atoms with E-state index in [1.807, 2.05) is 0 Å². The summed E-state index contributed by atoms with van der Waals surface area (Å²) in [5.41, 5.74) is 0. The number of aliphatic hydroxyl groups excluding tert-OH is 4. The van der Waals surface area contributed by atoms with E-state index in [0.717, 1.165) is 51.4 Å². The second-order valence-electron chi connectivity index (χ2n) is 21.3. The lowest BCUT2D eigenvalue weighted by atomic mass is 9.99. The number of unbranched alkanes of at least 4 members (excludes halogenated alkanes) is 39. The zero-order valence-electron chi connectivity index (χ0n) is 45.8. The molecule has 1 fully saturated rings. The van der Waals surface area contributed by atoms with Crippen LogP contribution >= 0.6 is 0 Å². The quantitative estimate of drug-likeness (QED) is 0.0193. The second kappa shape index (κ2) is 48.5. The van der Waals surface area contributed by atoms with E-state index in [9.17, 15) is 38.2 Å². The van der Waals surface area contributed by atoms with E-state index in [4.69, 9.17) is 9.47 Å². The summed E-state index contributed by atoms with van der Waals surface area (Å²) in [5, 5.41) is 45.2. The average Bonchev–Trinajstić information content (AvgIpc) is 3.34. The zero-order chi connectivity index (χ0) is 51.9. The lowest BCUT2D eigenvalue weighted by Gasteiger charge is -2.41. The lowest BCUT2D eigenvalue weighted by molar-refractivity contribution is -0.298. The van der Waals surface area contributed by atoms with E-state index in [2.05, 4.69) is 35.5 Å². The minimum absolute atomic E-state index is 0.229. The molecule has 13 heteroatoms. The Labute approximate surface area is 436 Å². The van der Waals surface area contributed by atoms with Gasteiger partial charge in [-0.2, -0.15) is 8.42 Å². The van der Waals surface area contributed by atoms with Crippen molar-refractivity contribution in [2.24, 2.45) is 0 Å². The Hall–Kier alpha value is -1.16. The number of amides is 1. The first-order valence-electron chi connectivity index (χ1n) is 30.1. The Morgan fingerprint density at radius 2 is 0.901 bits per heavy atom. The number of hydrogen-bond acceptors (Lipinski definition) is 10. The Balaban J connectivity index is 2.33. The number of hydrogen-bond donors (Lipinski definition) is 6. The fourth-order valence-electron chi connectivity index (χ4n) is 9.93. The van der Waals surface area contributed by atoms with Gasteiger partial charge in [0.1, 0.15) is 24.4 Å². The molecule has 1 aliphatic rings. The fourth-order valence-corrected chi connectivity index (χ4v) is 10.4. The van der Waals surface area contributed by atoms with Crippen molar-refractivity contribution in [2.45, 2.75) is 339 Å². The molecule has 12 nitrogen and oxygen atoms in total. The van der Waals surface area contributed by atoms with E-state index in [0.29, 0.717) is 12.8 Å². The van der Waals surface area contributed by atoms with Gasteiger partial charge in [-0.1, -0.05) is 264 Å². The molecule has 422 valence electrons. The average molecular weight is 1030 g/mol. The lowest BCUT2D eigenvalue weighted by Crippen LogP contribution is -2.61. The molecule has 71 heavy (non-hydrogen) atoms. The van der Waals surface area contributed by atoms with Gasteiger partial charge in [0.15, 0.2) is 6.29 Å². The minimum atomic E-state index is -5.08. The number of carbonyl (C=O) groups is 1. The molecule has 0 radical (unpaired) electrons. The monoisotopic (exact) mass is 1030 g/mol. The topological polar surface area (TPSA) is 192 Å². The highest BCUT2D eigenvalue weighted by Crippen LogP contribution is 2.26. The van der Waals surface area contributed by atoms with E-state index in [-0.39, 0.29) is 18.9 Å². The molecule has 0 aromatic heterocycles. The molecule has 1 rings (SSSR count). The Bertz CT molecular complexity index is 1310. The molecule has 1 heterocycles. The molecular formula is C58H113NO11S. The first kappa shape index (κ1) is 67.9. The number of rotatable bonds is 53. The summed E-state index contributed by atoms with van der Waals surface area (Å²) in [4.78, 5) is 13.2. The van der Waals surface area contributed by atoms with Crippen LogP contribution < -0.4 is 5.32 Å². The fraction of sp³-hybridized carbons (Fsp3) is 0.948. The highest BCUT2D eigenvalue weighted by Gasteiger charge is 2.48. The standard InChI is InChI=1S/C58H113NO11S/c1-3-5-7-9-11-13-15-17-19-21-23-25-26-27-28-29-31-33-35-37-39-41-43-45-47-52(61)51(50-68-58-56(64)57(70-71(65,66)67)55(63)53(49-60)69-58)59-54(62)48-46-44-42-40-38-36-34-32-30-24-22-20-18-16-14-12-10-8-6-4-2/h24,30,51-53,55-58,60-61,63-64H,3-23,25-29,31-50H2,1-2H3,(H,59,62)(H,65,66,67)/b30-24-. The van der Waals surface area contributed by atoms with Crippen LogP contribution in [0.1, 0.15) is 296 Å². The summed E-state index contributed by atoms with van der Waals surface area (Å²) < 4.78 is 48.0. The van der Waals surface area contributed by atoms with E-state index >= 15 is 0 Å². The van der Waals surface area contributed by atoms with E-state index in [1.54, 1.807) is 0 Å². The Kier molecular flexibility index (Phi) is 46.3. The molecule has 6 N–H and O–H groups in total. The zero-order valence-corrected chi connectivity index (χ0v) is 46.6. The van der Waals surface area contributed by atoms with Gasteiger partial charge in [0.05, 0.1) is 25.4 Å². The van der Waals surface area contributed by atoms with Crippen LogP contribution in [-0.4, -0.2) is 95.4 Å². The van der Waals surface area contributed by atoms with Crippen molar-refractivity contribution < 1.29 is 51.8 Å². The number of ether oxygens (including phenoxy) is 2. The van der Waals surface area contributed by atoms with Gasteiger partial charge in [0.25, 0.3) is 0 Å². The van der Waals surface area contributed by atoms with Crippen LogP contribution in [0.15, 0.2) is 12.2 Å². The van der Waals surface area contributed by atoms with Gasteiger partial charge in [-0.15, -0.1) is 0 Å². The van der Waals surface area contributed by atoms with Crippen LogP contribution in [0.25, 0.3) is 0 Å². The van der Waals surface area contributed by atoms with Gasteiger partial charge in [-0.3, -0.25) is 9.35 Å². The summed E-state index contributed by atoms with van der Waals surface area (Å²) >= 11 is 0. The highest BCUT2D eigenvalue weighted by molar-refractivity contribution is 7.80. The molecule has 1 amide bonds. The van der Waals surface area contributed by atoms with Crippen molar-refractivity contribution >= 4 is 16.3 Å². The molecule has 0 aromatic carbocycles. The van der Waals surface area contributed by atoms with Gasteiger partial charge in [0, 0.05) is 6.42 Å². The van der Waals surface area contributed by atoms with Crippen LogP contribution in [0.4, 0.5) is 0 Å². The molecule has 0 aromatic rings. The van der Waals surface area contributed by atoms with Crippen molar-refractivity contribution in [2.75, 3.05) is 13.2 Å². The van der Waals surface area contributed by atoms with Crippen LogP contribution in [0.3, 0.4) is 0 Å². The largest absolute Gasteiger partial charge is 0.397 e. The maximum Gasteiger partial charge on any atom is 0.397 e. The summed E-state index contributed by atoms with van der Waals surface area (Å²) in [5.74, 6) is -0.229. The third-order valence-electron chi connectivity index (χ3n) is 14.6. The number of allylic oxidation sites excluding steroid dienone is 2. The SMILES string of the molecule is CCCCCCCCCCC/C=C\CCCCCCCCCC(=O)NC(COC1OC(CO)C(O)C(OS(=O)(=O)O)C1O)C(O)CCCCCCCCCCCCCCCCCCCCCCCCCC. The van der Waals surface area contributed by atoms with Crippen molar-refractivity contribution in [1.29, 1.82) is 0 Å². The highest BCUT2D eigenvalue weighted by atomic mass is 32.3. The molecule has 0 saturated carbocycles. The number of nitrogens with one attached hydrogen (secondary N) is 1. The molecule has 7 atom stereocenters. The minimum Gasteiger partial charge on any atom is -0.394 e. The summed E-state index contributed by atoms with van der Waals surface area (Å²) in [7, 11) is -5.08. The van der Waals surface area contributed by atoms with Crippen LogP contribution in [0, 0.1) is 0 Å². The smallest absolute Gasteiger partial charge is 0.394 e. The maximum absolute atomic E-state index is 13.2. The Morgan fingerprint density at radius 1 is 0.549 bits per heavy atom. The van der Waals surface area contributed by atoms with Gasteiger partial charge in [-0.25, -0.2) is 4.18 Å². The summed E-state index contributed by atoms with van der Waals surface area (Å²) in [6, 6.07) is -0.859. The summed E-state index contributed by atoms with van der Waals surface area (Å²) in [6.45, 7) is 3.50. The molecule has 1 saturated heterocycles. The van der Waals surface area contributed by atoms with E-state index in [1.165, 1.54) is 212 Å². The van der Waals surface area contributed by atoms with Crippen LogP contribution in [0.2, 0.25) is 0 Å². The van der Waals surface area contributed by atoms with Crippen molar-refractivity contribution in [3.8, 4) is 0 Å².